The quantitative estimate of drug-likeness (QED) is 0.148. The summed E-state index contributed by atoms with van der Waals surface area (Å²) < 4.78 is 49.1. The highest BCUT2D eigenvalue weighted by molar-refractivity contribution is 7.98. The second-order valence-corrected chi connectivity index (χ2v) is 11.1. The van der Waals surface area contributed by atoms with Crippen molar-refractivity contribution in [2.45, 2.75) is 64.0 Å². The van der Waals surface area contributed by atoms with E-state index in [1.165, 1.54) is 18.9 Å². The van der Waals surface area contributed by atoms with Gasteiger partial charge in [-0.15, -0.1) is 0 Å². The second-order valence-electron chi connectivity index (χ2n) is 10.3. The fraction of sp³-hybridized carbons (Fsp3) is 0.607. The maximum Gasteiger partial charge on any atom is 0.433 e. The molecule has 0 saturated heterocycles. The van der Waals surface area contributed by atoms with Crippen molar-refractivity contribution in [3.63, 3.8) is 0 Å². The highest BCUT2D eigenvalue weighted by Crippen LogP contribution is 2.41. The molecule has 0 amide bonds. The van der Waals surface area contributed by atoms with Crippen LogP contribution in [-0.2, 0) is 31.8 Å². The normalized spacial score (nSPS) is 19.7. The maximum atomic E-state index is 13.0. The van der Waals surface area contributed by atoms with E-state index in [2.05, 4.69) is 44.4 Å². The molecule has 2 N–H and O–H groups in total. The van der Waals surface area contributed by atoms with E-state index in [0.717, 1.165) is 17.8 Å². The van der Waals surface area contributed by atoms with Crippen molar-refractivity contribution in [2.75, 3.05) is 43.8 Å². The van der Waals surface area contributed by atoms with Crippen LogP contribution in [0, 0.1) is 17.8 Å². The van der Waals surface area contributed by atoms with E-state index in [1.54, 1.807) is 0 Å². The molecule has 11 nitrogen and oxygen atoms in total. The van der Waals surface area contributed by atoms with Crippen molar-refractivity contribution in [1.82, 2.24) is 19.9 Å². The van der Waals surface area contributed by atoms with E-state index in [9.17, 15) is 27.6 Å². The van der Waals surface area contributed by atoms with Gasteiger partial charge < -0.3 is 20.1 Å². The number of halogens is 3. The summed E-state index contributed by atoms with van der Waals surface area (Å²) in [5.74, 6) is -2.54. The molecule has 2 aromatic heterocycles. The number of carbonyl (C=O) groups is 3. The highest BCUT2D eigenvalue weighted by atomic mass is 32.2. The lowest BCUT2D eigenvalue weighted by Gasteiger charge is -2.25. The SMILES string of the molecule is CCNc1nc(NC(C)C)nc(SC)n1.COCCOCc1nc(C(F)(F)F)ccc1C(=O)C1C(=O)[C@@H]2CC[C@@H](C2)C1=O. The van der Waals surface area contributed by atoms with Crippen molar-refractivity contribution in [3.8, 4) is 0 Å². The molecule has 2 aliphatic carbocycles. The first kappa shape index (κ1) is 34.3. The van der Waals surface area contributed by atoms with Crippen LogP contribution >= 0.6 is 11.8 Å². The monoisotopic (exact) mass is 626 g/mol. The fourth-order valence-electron chi connectivity index (χ4n) is 4.84. The molecule has 43 heavy (non-hydrogen) atoms. The Labute approximate surface area is 252 Å². The minimum atomic E-state index is -4.70. The Bertz CT molecular complexity index is 1270. The number of nitrogens with one attached hydrogen (secondary N) is 2. The van der Waals surface area contributed by atoms with Gasteiger partial charge in [-0.3, -0.25) is 14.4 Å². The van der Waals surface area contributed by atoms with Crippen LogP contribution < -0.4 is 10.6 Å². The average molecular weight is 627 g/mol. The molecule has 0 aromatic carbocycles. The number of hydrogen-bond donors (Lipinski definition) is 2. The lowest BCUT2D eigenvalue weighted by molar-refractivity contribution is -0.141. The summed E-state index contributed by atoms with van der Waals surface area (Å²) >= 11 is 1.51. The summed E-state index contributed by atoms with van der Waals surface area (Å²) in [5, 5.41) is 6.97. The molecule has 2 aromatic rings. The third-order valence-electron chi connectivity index (χ3n) is 6.82. The van der Waals surface area contributed by atoms with E-state index >= 15 is 0 Å². The molecule has 3 atom stereocenters. The number of ether oxygens (including phenoxy) is 2. The van der Waals surface area contributed by atoms with Crippen molar-refractivity contribution in [2.24, 2.45) is 17.8 Å². The van der Waals surface area contributed by atoms with Crippen LogP contribution in [0.15, 0.2) is 17.3 Å². The molecular formula is C28H37F3N6O5S. The first-order chi connectivity index (χ1) is 20.4. The molecule has 0 spiro atoms. The van der Waals surface area contributed by atoms with Crippen LogP contribution in [0.5, 0.6) is 0 Å². The summed E-state index contributed by atoms with van der Waals surface area (Å²) in [6, 6.07) is 1.97. The van der Waals surface area contributed by atoms with Gasteiger partial charge in [0.2, 0.25) is 11.9 Å². The third kappa shape index (κ3) is 9.16. The smallest absolute Gasteiger partial charge is 0.382 e. The van der Waals surface area contributed by atoms with Gasteiger partial charge in [-0.1, -0.05) is 11.8 Å². The molecule has 4 rings (SSSR count). The number of carbonyl (C=O) groups excluding carboxylic acids is 3. The fourth-order valence-corrected chi connectivity index (χ4v) is 5.19. The standard InChI is InChI=1S/C19H20F3NO5.C9H17N5S/c1-27-6-7-28-9-13-12(4-5-14(23-13)19(20,21)22)18(26)15-16(24)10-2-3-11(8-10)17(15)25;1-5-10-7-12-8(11-6(2)3)14-9(13-7)15-4/h4-5,10-11,15H,2-3,6-9H2,1H3;6H,5H2,1-4H3,(H2,10,11,12,13,14)/t10-,11+,15?;. The number of nitrogens with zero attached hydrogens (tertiary/aromatic N) is 4. The zero-order valence-corrected chi connectivity index (χ0v) is 25.6. The zero-order chi connectivity index (χ0) is 31.7. The van der Waals surface area contributed by atoms with Gasteiger partial charge in [0.15, 0.2) is 22.5 Å². The van der Waals surface area contributed by atoms with Crippen molar-refractivity contribution >= 4 is 41.0 Å². The van der Waals surface area contributed by atoms with Gasteiger partial charge >= 0.3 is 6.18 Å². The molecule has 2 fully saturated rings. The number of rotatable bonds is 12. The Morgan fingerprint density at radius 3 is 2.26 bits per heavy atom. The van der Waals surface area contributed by atoms with Crippen LogP contribution in [-0.4, -0.2) is 76.5 Å². The number of alkyl halides is 3. The van der Waals surface area contributed by atoms with Crippen LogP contribution in [0.4, 0.5) is 25.1 Å². The molecule has 2 bridgehead atoms. The Kier molecular flexibility index (Phi) is 12.4. The average Bonchev–Trinajstić information content (AvgIpc) is 3.41. The van der Waals surface area contributed by atoms with Crippen LogP contribution in [0.3, 0.4) is 0 Å². The number of anilines is 2. The number of pyridine rings is 1. The highest BCUT2D eigenvalue weighted by Gasteiger charge is 2.50. The minimum absolute atomic E-state index is 0.0908. The number of aromatic nitrogens is 4. The van der Waals surface area contributed by atoms with Gasteiger partial charge in [-0.2, -0.15) is 28.1 Å². The van der Waals surface area contributed by atoms with Crippen molar-refractivity contribution in [1.29, 1.82) is 0 Å². The number of Topliss-reactive ketones (excluding diaryl/α,β-unsaturated/α-hetero) is 3. The van der Waals surface area contributed by atoms with E-state index < -0.39 is 35.1 Å². The van der Waals surface area contributed by atoms with Crippen molar-refractivity contribution < 1.29 is 37.0 Å². The van der Waals surface area contributed by atoms with E-state index in [4.69, 9.17) is 9.47 Å². The molecule has 0 radical (unpaired) electrons. The number of fused-ring (bicyclic) bond motifs is 2. The predicted molar refractivity (Wildman–Crippen MR) is 154 cm³/mol. The van der Waals surface area contributed by atoms with Crippen LogP contribution in [0.2, 0.25) is 0 Å². The van der Waals surface area contributed by atoms with Gasteiger partial charge in [-0.25, -0.2) is 4.98 Å². The van der Waals surface area contributed by atoms with Gasteiger partial charge in [0.1, 0.15) is 11.6 Å². The molecule has 1 unspecified atom stereocenters. The maximum absolute atomic E-state index is 13.0. The van der Waals surface area contributed by atoms with E-state index in [0.29, 0.717) is 43.3 Å². The molecule has 2 saturated carbocycles. The Balaban J connectivity index is 0.000000285. The third-order valence-corrected chi connectivity index (χ3v) is 7.37. The van der Waals surface area contributed by atoms with E-state index in [1.807, 2.05) is 13.2 Å². The largest absolute Gasteiger partial charge is 0.433 e. The summed E-state index contributed by atoms with van der Waals surface area (Å²) in [6.07, 6.45) is -1.16. The first-order valence-corrected chi connectivity index (χ1v) is 15.2. The predicted octanol–water partition coefficient (Wildman–Crippen LogP) is 4.48. The first-order valence-electron chi connectivity index (χ1n) is 13.9. The van der Waals surface area contributed by atoms with Gasteiger partial charge in [-0.05, 0) is 58.4 Å². The van der Waals surface area contributed by atoms with Gasteiger partial charge in [0.25, 0.3) is 0 Å². The van der Waals surface area contributed by atoms with Gasteiger partial charge in [0, 0.05) is 37.1 Å². The summed E-state index contributed by atoms with van der Waals surface area (Å²) in [5.41, 5.74) is -1.59. The lowest BCUT2D eigenvalue weighted by Crippen LogP contribution is -2.42. The second kappa shape index (κ2) is 15.5. The Morgan fingerprint density at radius 1 is 1.05 bits per heavy atom. The topological polar surface area (TPSA) is 145 Å². The Hall–Kier alpha value is -3.17. The molecule has 2 aliphatic rings. The van der Waals surface area contributed by atoms with Gasteiger partial charge in [0.05, 0.1) is 25.5 Å². The molecule has 236 valence electrons. The summed E-state index contributed by atoms with van der Waals surface area (Å²) in [6.45, 7) is 6.86. The van der Waals surface area contributed by atoms with Crippen molar-refractivity contribution in [3.05, 3.63) is 29.1 Å². The van der Waals surface area contributed by atoms with E-state index in [-0.39, 0.29) is 42.9 Å². The molecule has 15 heteroatoms. The molecule has 0 aliphatic heterocycles. The number of thioether (sulfide) groups is 1. The van der Waals surface area contributed by atoms with Crippen LogP contribution in [0.25, 0.3) is 0 Å². The number of ketones is 3. The number of hydrogen-bond acceptors (Lipinski definition) is 12. The molecular weight excluding hydrogens is 589 g/mol. The Morgan fingerprint density at radius 2 is 1.70 bits per heavy atom. The van der Waals surface area contributed by atoms with Crippen LogP contribution in [0.1, 0.15) is 61.8 Å². The summed E-state index contributed by atoms with van der Waals surface area (Å²) in [4.78, 5) is 54.4. The number of methoxy groups -OCH3 is 1. The summed E-state index contributed by atoms with van der Waals surface area (Å²) in [7, 11) is 1.44. The molecule has 2 heterocycles. The zero-order valence-electron chi connectivity index (χ0n) is 24.8. The minimum Gasteiger partial charge on any atom is -0.382 e. The lowest BCUT2D eigenvalue weighted by atomic mass is 9.75.